The Hall–Kier alpha value is 4.58. The van der Waals surface area contributed by atoms with Gasteiger partial charge in [0.2, 0.25) is 0 Å². The second-order valence-corrected chi connectivity index (χ2v) is 8.60. The Balaban J connectivity index is -0.000000125. The zero-order valence-corrected chi connectivity index (χ0v) is 14.7. The summed E-state index contributed by atoms with van der Waals surface area (Å²) in [6.45, 7) is 0. The summed E-state index contributed by atoms with van der Waals surface area (Å²) in [6.07, 6.45) is 0. The van der Waals surface area contributed by atoms with E-state index >= 15 is 0 Å². The molecule has 0 aromatic rings. The third-order valence-corrected chi connectivity index (χ3v) is 2.01. The first-order valence-electron chi connectivity index (χ1n) is 1.14. The SMILES string of the molecule is COP(=S)([S-])[S-].[K+].[K+]. The maximum absolute atomic E-state index is 4.50. The monoisotopic (exact) mass is 236 g/mol. The van der Waals surface area contributed by atoms with Gasteiger partial charge < -0.3 is 29.0 Å². The van der Waals surface area contributed by atoms with Crippen LogP contribution in [0, 0.1) is 0 Å². The maximum Gasteiger partial charge on any atom is 1.00 e. The minimum atomic E-state index is -2.15. The zero-order valence-electron chi connectivity index (χ0n) is 5.08. The van der Waals surface area contributed by atoms with Crippen LogP contribution in [-0.2, 0) is 40.8 Å². The van der Waals surface area contributed by atoms with E-state index in [4.69, 9.17) is 0 Å². The minimum Gasteiger partial charge on any atom is -0.744 e. The minimum absolute atomic E-state index is 0. The van der Waals surface area contributed by atoms with Gasteiger partial charge in [0.25, 0.3) is 0 Å². The third-order valence-electron chi connectivity index (χ3n) is 0.224. The second kappa shape index (κ2) is 9.67. The maximum atomic E-state index is 4.50. The standard InChI is InChI=1S/CH5OPS3.2K/c1-2-3(4,5)6;;/h1H3,(H2,4,5,6);;/q;2*+1/p-2. The van der Waals surface area contributed by atoms with E-state index < -0.39 is 4.67 Å². The molecule has 0 bridgehead atoms. The molecule has 0 aromatic carbocycles. The molecule has 0 heterocycles. The van der Waals surface area contributed by atoms with E-state index in [1.807, 2.05) is 0 Å². The molecule has 0 fully saturated rings. The van der Waals surface area contributed by atoms with Gasteiger partial charge in [-0.25, -0.2) is 0 Å². The Labute approximate surface area is 151 Å². The van der Waals surface area contributed by atoms with E-state index in [1.165, 1.54) is 7.11 Å². The van der Waals surface area contributed by atoms with E-state index in [9.17, 15) is 0 Å². The molecule has 0 saturated carbocycles. The smallest absolute Gasteiger partial charge is 0.744 e. The van der Waals surface area contributed by atoms with Crippen molar-refractivity contribution in [3.8, 4) is 0 Å². The molecule has 0 radical (unpaired) electrons. The van der Waals surface area contributed by atoms with Gasteiger partial charge in [0.15, 0.2) is 0 Å². The van der Waals surface area contributed by atoms with Gasteiger partial charge in [0.05, 0.1) is 0 Å². The van der Waals surface area contributed by atoms with Gasteiger partial charge in [-0.05, 0) is 0 Å². The Kier molecular flexibility index (Phi) is 22.2. The Morgan fingerprint density at radius 2 is 1.50 bits per heavy atom. The van der Waals surface area contributed by atoms with Gasteiger partial charge in [-0.3, -0.25) is 0 Å². The van der Waals surface area contributed by atoms with Crippen LogP contribution in [0.2, 0.25) is 0 Å². The van der Waals surface area contributed by atoms with Gasteiger partial charge in [-0.15, -0.1) is 11.8 Å². The fourth-order valence-corrected chi connectivity index (χ4v) is 0. The fraction of sp³-hybridized carbons (Fsp3) is 1.00. The van der Waals surface area contributed by atoms with Crippen molar-refractivity contribution in [3.05, 3.63) is 0 Å². The molecule has 0 N–H and O–H groups in total. The van der Waals surface area contributed by atoms with Crippen molar-refractivity contribution in [1.29, 1.82) is 0 Å². The number of hydrogen-bond acceptors (Lipinski definition) is 4. The van der Waals surface area contributed by atoms with Crippen molar-refractivity contribution in [2.75, 3.05) is 7.11 Å². The molecule has 0 amide bonds. The molecular formula is CH3K2OPS3. The van der Waals surface area contributed by atoms with Crippen LogP contribution in [0.15, 0.2) is 0 Å². The molecule has 8 heavy (non-hydrogen) atoms. The average molecular weight is 236 g/mol. The number of hydrogen-bond donors (Lipinski definition) is 0. The van der Waals surface area contributed by atoms with E-state index in [0.717, 1.165) is 0 Å². The van der Waals surface area contributed by atoms with Crippen molar-refractivity contribution < 1.29 is 107 Å². The molecule has 0 unspecified atom stereocenters. The Bertz CT molecular complexity index is 81.4. The van der Waals surface area contributed by atoms with E-state index in [0.29, 0.717) is 0 Å². The Morgan fingerprint density at radius 3 is 1.50 bits per heavy atom. The first-order chi connectivity index (χ1) is 2.56. The Morgan fingerprint density at radius 1 is 1.38 bits per heavy atom. The third kappa shape index (κ3) is 16.9. The predicted molar refractivity (Wildman–Crippen MR) is 36.0 cm³/mol. The molecule has 0 atom stereocenters. The van der Waals surface area contributed by atoms with Crippen LogP contribution in [-0.4, -0.2) is 7.11 Å². The first-order valence-corrected chi connectivity index (χ1v) is 5.89. The van der Waals surface area contributed by atoms with E-state index in [-0.39, 0.29) is 103 Å². The fourth-order valence-electron chi connectivity index (χ4n) is 0. The predicted octanol–water partition coefficient (Wildman–Crippen LogP) is -5.04. The van der Waals surface area contributed by atoms with Crippen LogP contribution < -0.4 is 103 Å². The summed E-state index contributed by atoms with van der Waals surface area (Å²) in [6, 6.07) is 0. The zero-order chi connectivity index (χ0) is 5.21. The van der Waals surface area contributed by atoms with Gasteiger partial charge in [-0.2, -0.15) is 4.67 Å². The van der Waals surface area contributed by atoms with Crippen LogP contribution in [0.5, 0.6) is 0 Å². The normalized spacial score (nSPS) is 8.88. The summed E-state index contributed by atoms with van der Waals surface area (Å²) < 4.78 is 2.35. The van der Waals surface area contributed by atoms with Gasteiger partial charge >= 0.3 is 103 Å². The topological polar surface area (TPSA) is 9.23 Å². The first kappa shape index (κ1) is 18.4. The van der Waals surface area contributed by atoms with Crippen LogP contribution >= 0.6 is 4.67 Å². The van der Waals surface area contributed by atoms with Gasteiger partial charge in [0.1, 0.15) is 0 Å². The van der Waals surface area contributed by atoms with Gasteiger partial charge in [-0.1, -0.05) is 0 Å². The van der Waals surface area contributed by atoms with Crippen molar-refractivity contribution in [2.24, 2.45) is 0 Å². The second-order valence-electron chi connectivity index (χ2n) is 0.630. The van der Waals surface area contributed by atoms with Crippen LogP contribution in [0.1, 0.15) is 0 Å². The molecule has 38 valence electrons. The van der Waals surface area contributed by atoms with Gasteiger partial charge in [0, 0.05) is 7.11 Å². The molecule has 0 aliphatic heterocycles. The summed E-state index contributed by atoms with van der Waals surface area (Å²) in [4.78, 5) is 0. The molecule has 0 aliphatic rings. The van der Waals surface area contributed by atoms with Crippen molar-refractivity contribution in [2.45, 2.75) is 0 Å². The molecule has 1 nitrogen and oxygen atoms in total. The number of rotatable bonds is 1. The van der Waals surface area contributed by atoms with Crippen LogP contribution in [0.4, 0.5) is 0 Å². The summed E-state index contributed by atoms with van der Waals surface area (Å²) in [5.74, 6) is 0. The molecule has 0 aromatic heterocycles. The quantitative estimate of drug-likeness (QED) is 0.256. The molecular weight excluding hydrogens is 233 g/mol. The molecule has 0 rings (SSSR count). The van der Waals surface area contributed by atoms with Crippen LogP contribution in [0.25, 0.3) is 0 Å². The molecule has 0 saturated heterocycles. The van der Waals surface area contributed by atoms with Crippen molar-refractivity contribution in [1.82, 2.24) is 0 Å². The largest absolute Gasteiger partial charge is 1.00 e. The van der Waals surface area contributed by atoms with Crippen LogP contribution in [0.3, 0.4) is 0 Å². The summed E-state index contributed by atoms with van der Waals surface area (Å²) in [7, 11) is 1.45. The molecule has 7 heteroatoms. The summed E-state index contributed by atoms with van der Waals surface area (Å²) >= 11 is 13.5. The average Bonchev–Trinajstić information content (AvgIpc) is 1.35. The molecule has 0 spiro atoms. The van der Waals surface area contributed by atoms with E-state index in [1.54, 1.807) is 0 Å². The van der Waals surface area contributed by atoms with E-state index in [2.05, 4.69) is 40.8 Å². The van der Waals surface area contributed by atoms with Crippen molar-refractivity contribution in [3.63, 3.8) is 0 Å². The molecule has 0 aliphatic carbocycles. The summed E-state index contributed by atoms with van der Waals surface area (Å²) in [5.41, 5.74) is 0. The summed E-state index contributed by atoms with van der Waals surface area (Å²) in [5, 5.41) is 0. The van der Waals surface area contributed by atoms with Crippen molar-refractivity contribution >= 4 is 41.0 Å².